The lowest BCUT2D eigenvalue weighted by Crippen LogP contribution is -1.99. The summed E-state index contributed by atoms with van der Waals surface area (Å²) in [7, 11) is 0. The van der Waals surface area contributed by atoms with E-state index in [4.69, 9.17) is 4.74 Å². The van der Waals surface area contributed by atoms with Gasteiger partial charge in [-0.05, 0) is 18.9 Å². The highest BCUT2D eigenvalue weighted by molar-refractivity contribution is 5.28. The summed E-state index contributed by atoms with van der Waals surface area (Å²) in [5.41, 5.74) is 2.99. The fraction of sp³-hybridized carbons (Fsp3) is 0.600. The van der Waals surface area contributed by atoms with E-state index in [1.807, 2.05) is 0 Å². The Balaban J connectivity index is 2.21. The van der Waals surface area contributed by atoms with Crippen LogP contribution in [0, 0.1) is 5.92 Å². The van der Waals surface area contributed by atoms with Crippen LogP contribution in [0.2, 0.25) is 0 Å². The van der Waals surface area contributed by atoms with Gasteiger partial charge in [-0.15, -0.1) is 0 Å². The highest BCUT2D eigenvalue weighted by atomic mass is 16.5. The molecule has 1 aliphatic carbocycles. The van der Waals surface area contributed by atoms with E-state index in [1.165, 1.54) is 16.9 Å². The van der Waals surface area contributed by atoms with Gasteiger partial charge in [-0.1, -0.05) is 18.6 Å². The highest BCUT2D eigenvalue weighted by Crippen LogP contribution is 2.35. The first-order valence-electron chi connectivity index (χ1n) is 4.27. The third-order valence-corrected chi connectivity index (χ3v) is 2.57. The molecule has 60 valence electrons. The number of allylic oxidation sites excluding steroid dienone is 2. The van der Waals surface area contributed by atoms with Crippen LogP contribution in [-0.4, -0.2) is 6.61 Å². The van der Waals surface area contributed by atoms with Crippen LogP contribution in [-0.2, 0) is 4.74 Å². The van der Waals surface area contributed by atoms with E-state index in [1.54, 1.807) is 0 Å². The quantitative estimate of drug-likeness (QED) is 0.482. The number of ether oxygens (including phenoxy) is 1. The smallest absolute Gasteiger partial charge is 0.0999 e. The lowest BCUT2D eigenvalue weighted by atomic mass is 9.92. The Hall–Kier alpha value is -0.720. The summed E-state index contributed by atoms with van der Waals surface area (Å²) in [6, 6.07) is 0. The Bertz CT molecular complexity index is 235. The minimum absolute atomic E-state index is 0.661. The Morgan fingerprint density at radius 2 is 2.36 bits per heavy atom. The van der Waals surface area contributed by atoms with Crippen LogP contribution in [0.4, 0.5) is 0 Å². The molecule has 0 bridgehead atoms. The highest BCUT2D eigenvalue weighted by Gasteiger charge is 2.24. The van der Waals surface area contributed by atoms with Crippen molar-refractivity contribution in [2.45, 2.75) is 26.7 Å². The third kappa shape index (κ3) is 1.09. The predicted molar refractivity (Wildman–Crippen MR) is 45.1 cm³/mol. The van der Waals surface area contributed by atoms with E-state index in [-0.39, 0.29) is 0 Å². The van der Waals surface area contributed by atoms with Crippen molar-refractivity contribution in [1.29, 1.82) is 0 Å². The molecule has 2 aliphatic rings. The van der Waals surface area contributed by atoms with Crippen molar-refractivity contribution in [2.24, 2.45) is 5.92 Å². The molecule has 11 heavy (non-hydrogen) atoms. The third-order valence-electron chi connectivity index (χ3n) is 2.57. The van der Waals surface area contributed by atoms with E-state index in [9.17, 15) is 0 Å². The van der Waals surface area contributed by atoms with Crippen LogP contribution in [0.1, 0.15) is 26.7 Å². The van der Waals surface area contributed by atoms with Gasteiger partial charge in [-0.2, -0.15) is 0 Å². The van der Waals surface area contributed by atoms with E-state index in [0.717, 1.165) is 19.4 Å². The van der Waals surface area contributed by atoms with Gasteiger partial charge in [0, 0.05) is 12.3 Å². The summed E-state index contributed by atoms with van der Waals surface area (Å²) >= 11 is 0. The van der Waals surface area contributed by atoms with Gasteiger partial charge in [0.15, 0.2) is 0 Å². The first-order chi connectivity index (χ1) is 5.27. The molecule has 0 amide bonds. The van der Waals surface area contributed by atoms with Crippen molar-refractivity contribution in [1.82, 2.24) is 0 Å². The van der Waals surface area contributed by atoms with E-state index in [2.05, 4.69) is 19.9 Å². The maximum atomic E-state index is 5.58. The van der Waals surface area contributed by atoms with Crippen LogP contribution in [0.5, 0.6) is 0 Å². The Morgan fingerprint density at radius 1 is 1.55 bits per heavy atom. The summed E-state index contributed by atoms with van der Waals surface area (Å²) in [4.78, 5) is 0. The molecule has 0 aromatic rings. The van der Waals surface area contributed by atoms with Crippen LogP contribution >= 0.6 is 0 Å². The number of hydrogen-bond donors (Lipinski definition) is 0. The fourth-order valence-electron chi connectivity index (χ4n) is 1.78. The molecular weight excluding hydrogens is 136 g/mol. The molecule has 2 rings (SSSR count). The maximum absolute atomic E-state index is 5.58. The average Bonchev–Trinajstić information content (AvgIpc) is 2.32. The van der Waals surface area contributed by atoms with E-state index < -0.39 is 0 Å². The largest absolute Gasteiger partial charge is 0.497 e. The van der Waals surface area contributed by atoms with Crippen LogP contribution in [0.15, 0.2) is 23.0 Å². The van der Waals surface area contributed by atoms with Gasteiger partial charge in [0.1, 0.15) is 0 Å². The zero-order valence-electron chi connectivity index (χ0n) is 7.18. The molecule has 1 heterocycles. The summed E-state index contributed by atoms with van der Waals surface area (Å²) in [6.45, 7) is 5.33. The zero-order chi connectivity index (χ0) is 7.84. The second-order valence-electron chi connectivity index (χ2n) is 3.59. The fourth-order valence-corrected chi connectivity index (χ4v) is 1.78. The topological polar surface area (TPSA) is 9.23 Å². The second kappa shape index (κ2) is 2.40. The van der Waals surface area contributed by atoms with E-state index in [0.29, 0.717) is 5.92 Å². The summed E-state index contributed by atoms with van der Waals surface area (Å²) in [6.07, 6.45) is 4.51. The standard InChI is InChI=1S/C10H14O/c1-7-3-4-9-8(2)6-11-10(9)5-7/h3,8H,4-6H2,1-2H3. The molecule has 1 atom stereocenters. The number of rotatable bonds is 0. The molecular formula is C10H14O. The summed E-state index contributed by atoms with van der Waals surface area (Å²) in [5.74, 6) is 1.92. The first kappa shape index (κ1) is 6.96. The van der Waals surface area contributed by atoms with Gasteiger partial charge in [0.05, 0.1) is 12.4 Å². The van der Waals surface area contributed by atoms with Crippen molar-refractivity contribution < 1.29 is 4.74 Å². The minimum atomic E-state index is 0.661. The Kier molecular flexibility index (Phi) is 1.52. The van der Waals surface area contributed by atoms with Gasteiger partial charge < -0.3 is 4.74 Å². The van der Waals surface area contributed by atoms with Gasteiger partial charge in [0.2, 0.25) is 0 Å². The molecule has 1 aliphatic heterocycles. The molecule has 0 fully saturated rings. The maximum Gasteiger partial charge on any atom is 0.0999 e. The molecule has 0 saturated carbocycles. The summed E-state index contributed by atoms with van der Waals surface area (Å²) in [5, 5.41) is 0. The lowest BCUT2D eigenvalue weighted by molar-refractivity contribution is 0.218. The molecule has 0 aromatic heterocycles. The molecule has 0 aromatic carbocycles. The second-order valence-corrected chi connectivity index (χ2v) is 3.59. The van der Waals surface area contributed by atoms with Gasteiger partial charge in [-0.3, -0.25) is 0 Å². The minimum Gasteiger partial charge on any atom is -0.497 e. The molecule has 0 spiro atoms. The van der Waals surface area contributed by atoms with Crippen molar-refractivity contribution in [3.8, 4) is 0 Å². The number of hydrogen-bond acceptors (Lipinski definition) is 1. The van der Waals surface area contributed by atoms with Gasteiger partial charge in [0.25, 0.3) is 0 Å². The predicted octanol–water partition coefficient (Wildman–Crippen LogP) is 2.65. The SMILES string of the molecule is CC1=CCC2=C(C1)OCC2C. The van der Waals surface area contributed by atoms with Crippen molar-refractivity contribution in [3.63, 3.8) is 0 Å². The lowest BCUT2D eigenvalue weighted by Gasteiger charge is -2.12. The average molecular weight is 150 g/mol. The van der Waals surface area contributed by atoms with Crippen molar-refractivity contribution >= 4 is 0 Å². The van der Waals surface area contributed by atoms with Crippen LogP contribution in [0.3, 0.4) is 0 Å². The van der Waals surface area contributed by atoms with Crippen LogP contribution in [0.25, 0.3) is 0 Å². The summed E-state index contributed by atoms with van der Waals surface area (Å²) < 4.78 is 5.58. The molecule has 0 N–H and O–H groups in total. The van der Waals surface area contributed by atoms with Crippen molar-refractivity contribution in [2.75, 3.05) is 6.61 Å². The monoisotopic (exact) mass is 150 g/mol. The normalized spacial score (nSPS) is 29.6. The molecule has 1 unspecified atom stereocenters. The molecule has 1 nitrogen and oxygen atoms in total. The van der Waals surface area contributed by atoms with Crippen molar-refractivity contribution in [3.05, 3.63) is 23.0 Å². The Labute approximate surface area is 67.7 Å². The zero-order valence-corrected chi connectivity index (χ0v) is 7.18. The van der Waals surface area contributed by atoms with Gasteiger partial charge >= 0.3 is 0 Å². The molecule has 1 heteroatoms. The van der Waals surface area contributed by atoms with Crippen LogP contribution < -0.4 is 0 Å². The van der Waals surface area contributed by atoms with E-state index >= 15 is 0 Å². The molecule has 0 radical (unpaired) electrons. The Morgan fingerprint density at radius 3 is 3.18 bits per heavy atom. The first-order valence-corrected chi connectivity index (χ1v) is 4.27. The van der Waals surface area contributed by atoms with Gasteiger partial charge in [-0.25, -0.2) is 0 Å². The molecule has 0 saturated heterocycles.